The summed E-state index contributed by atoms with van der Waals surface area (Å²) in [6.45, 7) is 3.05. The molecule has 2 aromatic carbocycles. The van der Waals surface area contributed by atoms with Crippen molar-refractivity contribution in [3.05, 3.63) is 58.7 Å². The average molecular weight is 741 g/mol. The van der Waals surface area contributed by atoms with Gasteiger partial charge in [0.1, 0.15) is 0 Å². The first-order valence-corrected chi connectivity index (χ1v) is 20.1. The Hall–Kier alpha value is -4.07. The Labute approximate surface area is 307 Å². The van der Waals surface area contributed by atoms with Gasteiger partial charge in [-0.3, -0.25) is 13.8 Å². The highest BCUT2D eigenvalue weighted by Crippen LogP contribution is 2.37. The summed E-state index contributed by atoms with van der Waals surface area (Å²) in [6.07, 6.45) is 18.2. The van der Waals surface area contributed by atoms with Crippen molar-refractivity contribution in [2.24, 2.45) is 0 Å². The van der Waals surface area contributed by atoms with Crippen molar-refractivity contribution in [2.45, 2.75) is 76.3 Å². The number of hydrogen-bond acceptors (Lipinski definition) is 10. The van der Waals surface area contributed by atoms with Gasteiger partial charge in [-0.05, 0) is 99.6 Å². The van der Waals surface area contributed by atoms with Crippen LogP contribution in [0.15, 0.2) is 36.4 Å². The minimum Gasteiger partial charge on any atom is -0.493 e. The van der Waals surface area contributed by atoms with Crippen molar-refractivity contribution < 1.29 is 46.2 Å². The Morgan fingerprint density at radius 1 is 0.673 bits per heavy atom. The number of benzene rings is 2. The lowest BCUT2D eigenvalue weighted by molar-refractivity contribution is 0.0755. The zero-order chi connectivity index (χ0) is 37.1. The molecule has 0 saturated carbocycles. The van der Waals surface area contributed by atoms with E-state index in [2.05, 4.69) is 12.2 Å². The molecule has 2 fully saturated rings. The number of amides is 2. The summed E-state index contributed by atoms with van der Waals surface area (Å²) in [5.74, 6) is 2.52. The van der Waals surface area contributed by atoms with E-state index in [9.17, 15) is 18.0 Å². The molecule has 6 rings (SSSR count). The van der Waals surface area contributed by atoms with Gasteiger partial charge in [-0.1, -0.05) is 24.3 Å². The van der Waals surface area contributed by atoms with E-state index < -0.39 is 10.1 Å². The first kappa shape index (κ1) is 39.1. The summed E-state index contributed by atoms with van der Waals surface area (Å²) in [6, 6.07) is 7.70. The summed E-state index contributed by atoms with van der Waals surface area (Å²) in [7, 11) is -0.221. The zero-order valence-corrected chi connectivity index (χ0v) is 31.3. The number of carbonyl (C=O) groups is 2. The number of aliphatic hydroxyl groups is 1. The molecule has 0 aliphatic carbocycles. The number of aliphatic hydroxyl groups excluding tert-OH is 1. The monoisotopic (exact) mass is 740 g/mol. The van der Waals surface area contributed by atoms with Crippen molar-refractivity contribution in [1.82, 2.24) is 9.80 Å². The second kappa shape index (κ2) is 18.6. The molecule has 4 aliphatic heterocycles. The van der Waals surface area contributed by atoms with E-state index in [1.807, 2.05) is 34.1 Å². The molecular formula is C39H52N2O10S. The molecular weight excluding hydrogens is 689 g/mol. The summed E-state index contributed by atoms with van der Waals surface area (Å²) >= 11 is 0. The summed E-state index contributed by atoms with van der Waals surface area (Å²) in [5.41, 5.74) is 3.06. The normalized spacial score (nSPS) is 18.8. The third-order valence-electron chi connectivity index (χ3n) is 9.65. The second-order valence-corrected chi connectivity index (χ2v) is 15.0. The van der Waals surface area contributed by atoms with Gasteiger partial charge < -0.3 is 33.9 Å². The molecule has 1 N–H and O–H groups in total. The lowest BCUT2D eigenvalue weighted by Crippen LogP contribution is -2.33. The fourth-order valence-electron chi connectivity index (χ4n) is 6.92. The van der Waals surface area contributed by atoms with Gasteiger partial charge in [0, 0.05) is 19.7 Å². The molecule has 2 atom stereocenters. The topological polar surface area (TPSA) is 141 Å². The molecule has 2 amide bonds. The number of hydrogen-bond donors (Lipinski definition) is 1. The Balaban J connectivity index is 0.000000203. The number of unbranched alkanes of at least 4 members (excludes halogenated alkanes) is 4. The van der Waals surface area contributed by atoms with Crippen molar-refractivity contribution >= 4 is 34.1 Å². The molecule has 2 aromatic rings. The van der Waals surface area contributed by atoms with Crippen LogP contribution in [0.4, 0.5) is 0 Å². The highest BCUT2D eigenvalue weighted by molar-refractivity contribution is 7.85. The third-order valence-corrected chi connectivity index (χ3v) is 10.2. The van der Waals surface area contributed by atoms with Crippen molar-refractivity contribution in [3.8, 4) is 23.0 Å². The minimum atomic E-state index is -3.38. The van der Waals surface area contributed by atoms with Crippen LogP contribution in [0.1, 0.15) is 96.1 Å². The van der Waals surface area contributed by atoms with Crippen LogP contribution < -0.4 is 18.9 Å². The van der Waals surface area contributed by atoms with Gasteiger partial charge >= 0.3 is 0 Å². The van der Waals surface area contributed by atoms with Crippen LogP contribution in [0.2, 0.25) is 0 Å². The largest absolute Gasteiger partial charge is 0.493 e. The highest BCUT2D eigenvalue weighted by atomic mass is 32.2. The highest BCUT2D eigenvalue weighted by Gasteiger charge is 2.33. The molecule has 284 valence electrons. The Kier molecular flexibility index (Phi) is 14.0. The maximum absolute atomic E-state index is 12.9. The average Bonchev–Trinajstić information content (AvgIpc) is 3.76. The number of fused-ring (bicyclic) bond motifs is 4. The minimum absolute atomic E-state index is 0.0400. The van der Waals surface area contributed by atoms with Crippen molar-refractivity contribution in [1.29, 1.82) is 0 Å². The molecule has 0 spiro atoms. The molecule has 4 aliphatic rings. The number of methoxy groups -OCH3 is 2. The molecule has 4 heterocycles. The molecule has 13 heteroatoms. The fourth-order valence-corrected chi connectivity index (χ4v) is 7.34. The lowest BCUT2D eigenvalue weighted by atomic mass is 10.1. The number of ether oxygens (including phenoxy) is 4. The lowest BCUT2D eigenvalue weighted by Gasteiger charge is -2.21. The van der Waals surface area contributed by atoms with E-state index in [-0.39, 0.29) is 37.1 Å². The van der Waals surface area contributed by atoms with E-state index >= 15 is 0 Å². The molecule has 12 nitrogen and oxygen atoms in total. The van der Waals surface area contributed by atoms with Crippen LogP contribution in [0.3, 0.4) is 0 Å². The quantitative estimate of drug-likeness (QED) is 0.168. The van der Waals surface area contributed by atoms with Gasteiger partial charge in [0.25, 0.3) is 21.9 Å². The summed E-state index contributed by atoms with van der Waals surface area (Å²) in [5, 5.41) is 8.81. The standard InChI is InChI=1S/C20H27NO6S.C19H25NO4/c1-25-18-14-17-15(8-9-16-7-6-10-21(16)20(17)22)13-19(18)26-11-4-3-5-12-27-28(2,23)24;1-23-17-13-16-14(12-18(17)24-11-4-2-3-10-21)7-8-15-6-5-9-20(15)19(16)22/h8-9,13-14,16H,3-7,10-12H2,1-2H3;7-8,12-13,15,21H,2-6,9-11H2,1H3/t16-;15-/m00/s1. The van der Waals surface area contributed by atoms with Gasteiger partial charge in [-0.2, -0.15) is 8.42 Å². The Morgan fingerprint density at radius 2 is 1.13 bits per heavy atom. The van der Waals surface area contributed by atoms with Gasteiger partial charge in [-0.15, -0.1) is 0 Å². The van der Waals surface area contributed by atoms with Crippen LogP contribution in [-0.2, 0) is 14.3 Å². The van der Waals surface area contributed by atoms with E-state index in [1.165, 1.54) is 0 Å². The van der Waals surface area contributed by atoms with Gasteiger partial charge in [0.15, 0.2) is 23.0 Å². The summed E-state index contributed by atoms with van der Waals surface area (Å²) < 4.78 is 49.1. The molecule has 0 radical (unpaired) electrons. The van der Waals surface area contributed by atoms with Crippen LogP contribution >= 0.6 is 0 Å². The third kappa shape index (κ3) is 10.1. The molecule has 52 heavy (non-hydrogen) atoms. The molecule has 0 aromatic heterocycles. The van der Waals surface area contributed by atoms with Gasteiger partial charge in [0.2, 0.25) is 0 Å². The van der Waals surface area contributed by atoms with Gasteiger partial charge in [0.05, 0.1) is 63.5 Å². The van der Waals surface area contributed by atoms with E-state index in [0.29, 0.717) is 53.8 Å². The summed E-state index contributed by atoms with van der Waals surface area (Å²) in [4.78, 5) is 29.5. The Bertz CT molecular complexity index is 1720. The zero-order valence-electron chi connectivity index (χ0n) is 30.5. The maximum Gasteiger partial charge on any atom is 0.264 e. The van der Waals surface area contributed by atoms with Gasteiger partial charge in [-0.25, -0.2) is 0 Å². The van der Waals surface area contributed by atoms with Crippen LogP contribution in [-0.4, -0.2) is 107 Å². The molecule has 2 saturated heterocycles. The van der Waals surface area contributed by atoms with Crippen molar-refractivity contribution in [2.75, 3.05) is 60.0 Å². The van der Waals surface area contributed by atoms with E-state index in [1.54, 1.807) is 26.4 Å². The molecule has 0 bridgehead atoms. The van der Waals surface area contributed by atoms with Crippen LogP contribution in [0.5, 0.6) is 23.0 Å². The predicted octanol–water partition coefficient (Wildman–Crippen LogP) is 5.72. The predicted molar refractivity (Wildman–Crippen MR) is 199 cm³/mol. The van der Waals surface area contributed by atoms with E-state index in [0.717, 1.165) is 88.3 Å². The smallest absolute Gasteiger partial charge is 0.264 e. The maximum atomic E-state index is 12.9. The number of carbonyl (C=O) groups excluding carboxylic acids is 2. The Morgan fingerprint density at radius 3 is 1.58 bits per heavy atom. The molecule has 0 unspecified atom stereocenters. The van der Waals surface area contributed by atoms with Crippen molar-refractivity contribution in [3.63, 3.8) is 0 Å². The fraction of sp³-hybridized carbons (Fsp3) is 0.538. The first-order valence-electron chi connectivity index (χ1n) is 18.3. The SMILES string of the molecule is COc1cc2c(cc1OCCCCCO)C=C[C@@H]1CCCN1C2=O.COc1cc2c(cc1OCCCCCOS(C)(=O)=O)C=C[C@@H]1CCCN1C2=O. The number of nitrogens with zero attached hydrogens (tertiary/aromatic N) is 2. The van der Waals surface area contributed by atoms with Crippen LogP contribution in [0.25, 0.3) is 12.2 Å². The van der Waals surface area contributed by atoms with Crippen LogP contribution in [0, 0.1) is 0 Å². The second-order valence-electron chi connectivity index (χ2n) is 13.4. The number of rotatable bonds is 16. The van der Waals surface area contributed by atoms with E-state index in [4.69, 9.17) is 28.2 Å². The first-order chi connectivity index (χ1) is 25.1.